The van der Waals surface area contributed by atoms with Gasteiger partial charge < -0.3 is 20.9 Å². The number of nitro groups is 1. The van der Waals surface area contributed by atoms with Gasteiger partial charge in [-0.1, -0.05) is 12.1 Å². The van der Waals surface area contributed by atoms with Gasteiger partial charge in [-0.3, -0.25) is 0 Å². The molecule has 20 heavy (non-hydrogen) atoms. The first-order valence-electron chi connectivity index (χ1n) is 5.58. The number of carbonyl (C=O) groups is 1. The lowest BCUT2D eigenvalue weighted by atomic mass is 10.1. The Morgan fingerprint density at radius 3 is 2.65 bits per heavy atom. The fourth-order valence-electron chi connectivity index (χ4n) is 1.42. The van der Waals surface area contributed by atoms with E-state index in [0.717, 1.165) is 5.56 Å². The third-order valence-electron chi connectivity index (χ3n) is 2.30. The lowest BCUT2D eigenvalue weighted by molar-refractivity contribution is -0.485. The zero-order valence-corrected chi connectivity index (χ0v) is 10.6. The van der Waals surface area contributed by atoms with Gasteiger partial charge in [0.1, 0.15) is 10.9 Å². The molecule has 0 saturated heterocycles. The Bertz CT molecular complexity index is 514. The van der Waals surface area contributed by atoms with Crippen LogP contribution in [0.25, 0.3) is 0 Å². The SMILES string of the molecule is CC(N/C(N)=N\[N+](=O)[O-])c1ccc(OCC(=O)O)cc1. The Balaban J connectivity index is 2.63. The highest BCUT2D eigenvalue weighted by molar-refractivity contribution is 5.77. The number of nitrogens with two attached hydrogens (primary N) is 1. The van der Waals surface area contributed by atoms with E-state index >= 15 is 0 Å². The van der Waals surface area contributed by atoms with E-state index in [1.54, 1.807) is 31.2 Å². The van der Waals surface area contributed by atoms with E-state index in [4.69, 9.17) is 15.6 Å². The lowest BCUT2D eigenvalue weighted by Crippen LogP contribution is -2.34. The fraction of sp³-hybridized carbons (Fsp3) is 0.273. The van der Waals surface area contributed by atoms with Gasteiger partial charge in [-0.2, -0.15) is 0 Å². The first-order chi connectivity index (χ1) is 9.38. The van der Waals surface area contributed by atoms with Crippen molar-refractivity contribution >= 4 is 11.9 Å². The summed E-state index contributed by atoms with van der Waals surface area (Å²) >= 11 is 0. The van der Waals surface area contributed by atoms with E-state index in [2.05, 4.69) is 10.4 Å². The molecule has 1 aromatic carbocycles. The van der Waals surface area contributed by atoms with Gasteiger partial charge in [-0.15, -0.1) is 0 Å². The molecule has 0 bridgehead atoms. The second-order valence-corrected chi connectivity index (χ2v) is 3.84. The Labute approximate surface area is 114 Å². The Kier molecular flexibility index (Phi) is 5.27. The molecule has 0 amide bonds. The van der Waals surface area contributed by atoms with Crippen molar-refractivity contribution < 1.29 is 19.7 Å². The number of hydrazone groups is 1. The van der Waals surface area contributed by atoms with Gasteiger partial charge in [0.2, 0.25) is 0 Å². The molecule has 0 aliphatic rings. The molecule has 0 aromatic heterocycles. The molecule has 4 N–H and O–H groups in total. The summed E-state index contributed by atoms with van der Waals surface area (Å²) in [6.45, 7) is 1.32. The summed E-state index contributed by atoms with van der Waals surface area (Å²) in [7, 11) is 0. The first-order valence-corrected chi connectivity index (χ1v) is 5.58. The second-order valence-electron chi connectivity index (χ2n) is 3.84. The highest BCUT2D eigenvalue weighted by Gasteiger charge is 2.08. The number of guanidine groups is 1. The van der Waals surface area contributed by atoms with Crippen LogP contribution in [0.4, 0.5) is 0 Å². The molecule has 0 spiro atoms. The summed E-state index contributed by atoms with van der Waals surface area (Å²) in [6.07, 6.45) is 0. The topological polar surface area (TPSA) is 140 Å². The van der Waals surface area contributed by atoms with Gasteiger partial charge in [0.05, 0.1) is 6.04 Å². The largest absolute Gasteiger partial charge is 0.482 e. The maximum atomic E-state index is 10.3. The number of nitrogens with one attached hydrogen (secondary N) is 1. The van der Waals surface area contributed by atoms with Crippen LogP contribution in [0.1, 0.15) is 18.5 Å². The summed E-state index contributed by atoms with van der Waals surface area (Å²) in [5.74, 6) is -0.947. The van der Waals surface area contributed by atoms with Crippen molar-refractivity contribution in [3.05, 3.63) is 39.9 Å². The van der Waals surface area contributed by atoms with Crippen molar-refractivity contribution in [3.63, 3.8) is 0 Å². The second kappa shape index (κ2) is 6.92. The van der Waals surface area contributed by atoms with Crippen LogP contribution < -0.4 is 15.8 Å². The zero-order chi connectivity index (χ0) is 15.1. The van der Waals surface area contributed by atoms with Crippen LogP contribution in [-0.4, -0.2) is 28.7 Å². The monoisotopic (exact) mass is 282 g/mol. The molecular weight excluding hydrogens is 268 g/mol. The molecule has 0 saturated carbocycles. The molecule has 0 aliphatic carbocycles. The highest BCUT2D eigenvalue weighted by atomic mass is 16.7. The van der Waals surface area contributed by atoms with Crippen molar-refractivity contribution in [2.24, 2.45) is 10.8 Å². The first kappa shape index (κ1) is 15.2. The van der Waals surface area contributed by atoms with Crippen LogP contribution >= 0.6 is 0 Å². The summed E-state index contributed by atoms with van der Waals surface area (Å²) in [5.41, 5.74) is 6.12. The summed E-state index contributed by atoms with van der Waals surface area (Å²) in [4.78, 5) is 20.5. The summed E-state index contributed by atoms with van der Waals surface area (Å²) in [5, 5.41) is 23.3. The summed E-state index contributed by atoms with van der Waals surface area (Å²) in [6, 6.07) is 6.27. The molecule has 9 heteroatoms. The molecule has 1 rings (SSSR count). The molecule has 1 unspecified atom stereocenters. The number of hydrogen-bond acceptors (Lipinski definition) is 4. The van der Waals surface area contributed by atoms with Gasteiger partial charge >= 0.3 is 5.97 Å². The van der Waals surface area contributed by atoms with E-state index < -0.39 is 17.6 Å². The number of hydrogen-bond donors (Lipinski definition) is 3. The number of ether oxygens (including phenoxy) is 1. The van der Waals surface area contributed by atoms with Crippen LogP contribution in [0.5, 0.6) is 5.75 Å². The van der Waals surface area contributed by atoms with Gasteiger partial charge in [-0.05, 0) is 24.6 Å². The molecule has 108 valence electrons. The minimum atomic E-state index is -1.06. The van der Waals surface area contributed by atoms with Crippen molar-refractivity contribution in [1.29, 1.82) is 0 Å². The number of benzene rings is 1. The molecule has 9 nitrogen and oxygen atoms in total. The third kappa shape index (κ3) is 5.21. The molecule has 1 aromatic rings. The van der Waals surface area contributed by atoms with Gasteiger partial charge in [-0.25, -0.2) is 14.9 Å². The summed E-state index contributed by atoms with van der Waals surface area (Å²) < 4.78 is 4.98. The highest BCUT2D eigenvalue weighted by Crippen LogP contribution is 2.17. The maximum Gasteiger partial charge on any atom is 0.341 e. The van der Waals surface area contributed by atoms with Gasteiger partial charge in [0.25, 0.3) is 5.96 Å². The standard InChI is InChI=1S/C11H14N4O5/c1-7(13-11(12)14-15(18)19)8-2-4-9(5-3-8)20-6-10(16)17/h2-5,7H,6H2,1H3,(H,16,17)(H3,12,13,14). The molecule has 0 radical (unpaired) electrons. The Morgan fingerprint density at radius 1 is 1.55 bits per heavy atom. The number of carboxylic acid groups (broad SMARTS) is 1. The van der Waals surface area contributed by atoms with E-state index in [9.17, 15) is 14.9 Å². The van der Waals surface area contributed by atoms with Crippen LogP contribution in [0, 0.1) is 10.1 Å². The normalized spacial score (nSPS) is 12.6. The smallest absolute Gasteiger partial charge is 0.341 e. The lowest BCUT2D eigenvalue weighted by Gasteiger charge is -2.13. The van der Waals surface area contributed by atoms with Crippen molar-refractivity contribution in [2.75, 3.05) is 6.61 Å². The Morgan fingerprint density at radius 2 is 2.15 bits per heavy atom. The van der Waals surface area contributed by atoms with E-state index in [1.165, 1.54) is 0 Å². The predicted octanol–water partition coefficient (Wildman–Crippen LogP) is 0.307. The van der Waals surface area contributed by atoms with Gasteiger partial charge in [0.15, 0.2) is 11.6 Å². The third-order valence-corrected chi connectivity index (χ3v) is 2.30. The molecule has 1 atom stereocenters. The molecule has 0 heterocycles. The zero-order valence-electron chi connectivity index (χ0n) is 10.6. The Hall–Kier alpha value is -2.84. The van der Waals surface area contributed by atoms with Crippen molar-refractivity contribution in [1.82, 2.24) is 5.32 Å². The van der Waals surface area contributed by atoms with Crippen LogP contribution in [-0.2, 0) is 4.79 Å². The minimum absolute atomic E-state index is 0.297. The minimum Gasteiger partial charge on any atom is -0.482 e. The van der Waals surface area contributed by atoms with Crippen LogP contribution in [0.2, 0.25) is 0 Å². The van der Waals surface area contributed by atoms with Crippen LogP contribution in [0.3, 0.4) is 0 Å². The molecular formula is C11H14N4O5. The van der Waals surface area contributed by atoms with E-state index in [-0.39, 0.29) is 12.0 Å². The average Bonchev–Trinajstić information content (AvgIpc) is 2.35. The van der Waals surface area contributed by atoms with E-state index in [0.29, 0.717) is 5.75 Å². The number of nitrogens with zero attached hydrogens (tertiary/aromatic N) is 2. The maximum absolute atomic E-state index is 10.3. The quantitative estimate of drug-likeness (QED) is 0.295. The molecule has 0 aliphatic heterocycles. The molecule has 0 fully saturated rings. The average molecular weight is 282 g/mol. The fourth-order valence-corrected chi connectivity index (χ4v) is 1.42. The number of carboxylic acids is 1. The van der Waals surface area contributed by atoms with Gasteiger partial charge in [0, 0.05) is 0 Å². The number of aliphatic carboxylic acids is 1. The van der Waals surface area contributed by atoms with Crippen molar-refractivity contribution in [3.8, 4) is 5.75 Å². The van der Waals surface area contributed by atoms with Crippen molar-refractivity contribution in [2.45, 2.75) is 13.0 Å². The predicted molar refractivity (Wildman–Crippen MR) is 69.7 cm³/mol. The number of rotatable bonds is 6. The van der Waals surface area contributed by atoms with Crippen LogP contribution in [0.15, 0.2) is 29.4 Å². The van der Waals surface area contributed by atoms with E-state index in [1.807, 2.05) is 0 Å².